The Morgan fingerprint density at radius 3 is 2.55 bits per heavy atom. The predicted octanol–water partition coefficient (Wildman–Crippen LogP) is 2.38. The molecular formula is C15H25N3O2. The first-order chi connectivity index (χ1) is 9.29. The van der Waals surface area contributed by atoms with Crippen LogP contribution in [0.25, 0.3) is 0 Å². The summed E-state index contributed by atoms with van der Waals surface area (Å²) in [6.45, 7) is 6.19. The van der Waals surface area contributed by atoms with Crippen LogP contribution in [0.3, 0.4) is 0 Å². The zero-order chi connectivity index (χ0) is 14.9. The van der Waals surface area contributed by atoms with Crippen molar-refractivity contribution in [1.29, 1.82) is 0 Å². The van der Waals surface area contributed by atoms with Crippen LogP contribution in [0.15, 0.2) is 6.20 Å². The molecule has 1 heterocycles. The van der Waals surface area contributed by atoms with Gasteiger partial charge in [0.2, 0.25) is 0 Å². The van der Waals surface area contributed by atoms with E-state index in [1.165, 1.54) is 12.8 Å². The number of aryl methyl sites for hydroxylation is 1. The first-order valence-corrected chi connectivity index (χ1v) is 7.32. The van der Waals surface area contributed by atoms with Crippen molar-refractivity contribution in [3.63, 3.8) is 0 Å². The minimum absolute atomic E-state index is 0.165. The molecule has 0 saturated heterocycles. The molecule has 5 heteroatoms. The van der Waals surface area contributed by atoms with Crippen molar-refractivity contribution in [2.24, 2.45) is 7.05 Å². The van der Waals surface area contributed by atoms with E-state index in [2.05, 4.69) is 31.2 Å². The van der Waals surface area contributed by atoms with Gasteiger partial charge in [-0.3, -0.25) is 14.8 Å². The molecular weight excluding hydrogens is 254 g/mol. The van der Waals surface area contributed by atoms with Gasteiger partial charge in [-0.1, -0.05) is 33.6 Å². The minimum atomic E-state index is -0.824. The summed E-state index contributed by atoms with van der Waals surface area (Å²) >= 11 is 0. The Labute approximate surface area is 120 Å². The molecule has 2 N–H and O–H groups in total. The monoisotopic (exact) mass is 279 g/mol. The van der Waals surface area contributed by atoms with Crippen LogP contribution >= 0.6 is 0 Å². The summed E-state index contributed by atoms with van der Waals surface area (Å²) in [5.41, 5.74) is 1.49. The van der Waals surface area contributed by atoms with Crippen LogP contribution in [-0.4, -0.2) is 26.9 Å². The van der Waals surface area contributed by atoms with Gasteiger partial charge in [0.05, 0.1) is 5.69 Å². The molecule has 1 aliphatic carbocycles. The molecule has 0 aromatic carbocycles. The molecule has 1 aromatic rings. The van der Waals surface area contributed by atoms with E-state index in [1.54, 1.807) is 4.68 Å². The minimum Gasteiger partial charge on any atom is -0.480 e. The van der Waals surface area contributed by atoms with E-state index in [-0.39, 0.29) is 5.41 Å². The zero-order valence-electron chi connectivity index (χ0n) is 12.8. The van der Waals surface area contributed by atoms with Crippen molar-refractivity contribution in [2.75, 3.05) is 0 Å². The van der Waals surface area contributed by atoms with Gasteiger partial charge in [0.15, 0.2) is 0 Å². The van der Waals surface area contributed by atoms with Gasteiger partial charge in [0, 0.05) is 30.3 Å². The highest BCUT2D eigenvalue weighted by atomic mass is 16.4. The first kappa shape index (κ1) is 15.0. The second-order valence-corrected chi connectivity index (χ2v) is 6.78. The van der Waals surface area contributed by atoms with Gasteiger partial charge in [-0.15, -0.1) is 0 Å². The maximum atomic E-state index is 11.7. The second kappa shape index (κ2) is 5.56. The number of nitrogens with one attached hydrogen (secondary N) is 1. The molecule has 0 aliphatic heterocycles. The average molecular weight is 279 g/mol. The Bertz CT molecular complexity index is 482. The Balaban J connectivity index is 2.31. The summed E-state index contributed by atoms with van der Waals surface area (Å²) in [6.07, 6.45) is 6.33. The number of aliphatic carboxylic acids is 1. The van der Waals surface area contributed by atoms with E-state index in [9.17, 15) is 9.90 Å². The average Bonchev–Trinajstić information content (AvgIpc) is 2.93. The molecule has 1 aliphatic rings. The smallest absolute Gasteiger partial charge is 0.325 e. The number of rotatable bonds is 4. The largest absolute Gasteiger partial charge is 0.480 e. The van der Waals surface area contributed by atoms with Crippen LogP contribution < -0.4 is 5.32 Å². The molecule has 2 rings (SSSR count). The van der Waals surface area contributed by atoms with Crippen LogP contribution in [0.1, 0.15) is 63.8 Å². The van der Waals surface area contributed by atoms with Crippen molar-refractivity contribution >= 4 is 5.97 Å². The summed E-state index contributed by atoms with van der Waals surface area (Å²) in [5.74, 6) is -0.824. The van der Waals surface area contributed by atoms with Gasteiger partial charge >= 0.3 is 5.97 Å². The molecule has 5 nitrogen and oxygen atoms in total. The fraction of sp³-hybridized carbons (Fsp3) is 0.733. The van der Waals surface area contributed by atoms with Gasteiger partial charge in [0.25, 0.3) is 0 Å². The van der Waals surface area contributed by atoms with Gasteiger partial charge in [-0.05, 0) is 12.8 Å². The number of nitrogens with zero attached hydrogens (tertiary/aromatic N) is 2. The van der Waals surface area contributed by atoms with E-state index >= 15 is 0 Å². The summed E-state index contributed by atoms with van der Waals surface area (Å²) in [5, 5.41) is 17.4. The number of hydrogen-bond donors (Lipinski definition) is 2. The third-order valence-electron chi connectivity index (χ3n) is 3.88. The molecule has 1 atom stereocenters. The zero-order valence-corrected chi connectivity index (χ0v) is 12.8. The summed E-state index contributed by atoms with van der Waals surface area (Å²) in [4.78, 5) is 11.7. The second-order valence-electron chi connectivity index (χ2n) is 6.78. The maximum Gasteiger partial charge on any atom is 0.325 e. The fourth-order valence-electron chi connectivity index (χ4n) is 2.92. The molecule has 1 aromatic heterocycles. The molecule has 0 radical (unpaired) electrons. The van der Waals surface area contributed by atoms with Crippen LogP contribution in [-0.2, 0) is 17.3 Å². The molecule has 20 heavy (non-hydrogen) atoms. The van der Waals surface area contributed by atoms with Crippen LogP contribution in [0.5, 0.6) is 0 Å². The standard InChI is InChI=1S/C15H25N3O2/c1-15(2,3)13-11(9-18(4)17-13)12(14(19)20)16-10-7-5-6-8-10/h9-10,12,16H,5-8H2,1-4H3,(H,19,20). The van der Waals surface area contributed by atoms with Crippen molar-refractivity contribution < 1.29 is 9.90 Å². The Morgan fingerprint density at radius 2 is 2.05 bits per heavy atom. The summed E-state index contributed by atoms with van der Waals surface area (Å²) in [6, 6.07) is -0.356. The third-order valence-corrected chi connectivity index (χ3v) is 3.88. The summed E-state index contributed by atoms with van der Waals surface area (Å²) < 4.78 is 1.71. The lowest BCUT2D eigenvalue weighted by atomic mass is 9.87. The van der Waals surface area contributed by atoms with E-state index < -0.39 is 12.0 Å². The lowest BCUT2D eigenvalue weighted by Gasteiger charge is -2.23. The topological polar surface area (TPSA) is 67.2 Å². The van der Waals surface area contributed by atoms with Crippen LogP contribution in [0, 0.1) is 0 Å². The highest BCUT2D eigenvalue weighted by Gasteiger charge is 2.32. The highest BCUT2D eigenvalue weighted by molar-refractivity contribution is 5.76. The van der Waals surface area contributed by atoms with Gasteiger partial charge in [0.1, 0.15) is 6.04 Å². The molecule has 0 amide bonds. The maximum absolute atomic E-state index is 11.7. The number of carboxylic acids is 1. The lowest BCUT2D eigenvalue weighted by molar-refractivity contribution is -0.139. The SMILES string of the molecule is Cn1cc(C(NC2CCCC2)C(=O)O)c(C(C)(C)C)n1. The number of carbonyl (C=O) groups is 1. The normalized spacial score (nSPS) is 18.4. The number of carboxylic acid groups (broad SMARTS) is 1. The first-order valence-electron chi connectivity index (χ1n) is 7.32. The van der Waals surface area contributed by atoms with Gasteiger partial charge in [-0.2, -0.15) is 5.10 Å². The molecule has 1 fully saturated rings. The van der Waals surface area contributed by atoms with E-state index in [0.717, 1.165) is 24.1 Å². The molecule has 0 bridgehead atoms. The summed E-state index contributed by atoms with van der Waals surface area (Å²) in [7, 11) is 1.84. The molecule has 0 spiro atoms. The van der Waals surface area contributed by atoms with Crippen molar-refractivity contribution in [3.8, 4) is 0 Å². The third kappa shape index (κ3) is 3.20. The van der Waals surface area contributed by atoms with Crippen molar-refractivity contribution in [1.82, 2.24) is 15.1 Å². The highest BCUT2D eigenvalue weighted by Crippen LogP contribution is 2.30. The quantitative estimate of drug-likeness (QED) is 0.888. The van der Waals surface area contributed by atoms with Crippen LogP contribution in [0.4, 0.5) is 0 Å². The van der Waals surface area contributed by atoms with E-state index in [0.29, 0.717) is 6.04 Å². The van der Waals surface area contributed by atoms with Gasteiger partial charge in [-0.25, -0.2) is 0 Å². The molecule has 1 unspecified atom stereocenters. The van der Waals surface area contributed by atoms with Crippen LogP contribution in [0.2, 0.25) is 0 Å². The van der Waals surface area contributed by atoms with E-state index in [4.69, 9.17) is 0 Å². The molecule has 112 valence electrons. The van der Waals surface area contributed by atoms with Crippen molar-refractivity contribution in [2.45, 2.75) is 64.0 Å². The fourth-order valence-corrected chi connectivity index (χ4v) is 2.92. The Hall–Kier alpha value is -1.36. The number of aromatic nitrogens is 2. The van der Waals surface area contributed by atoms with Crippen molar-refractivity contribution in [3.05, 3.63) is 17.5 Å². The lowest BCUT2D eigenvalue weighted by Crippen LogP contribution is -2.36. The Morgan fingerprint density at radius 1 is 1.45 bits per heavy atom. The van der Waals surface area contributed by atoms with E-state index in [1.807, 2.05) is 13.2 Å². The molecule has 1 saturated carbocycles. The number of hydrogen-bond acceptors (Lipinski definition) is 3. The Kier molecular flexibility index (Phi) is 4.18. The van der Waals surface area contributed by atoms with Gasteiger partial charge < -0.3 is 5.11 Å². The predicted molar refractivity (Wildman–Crippen MR) is 77.7 cm³/mol.